The van der Waals surface area contributed by atoms with Gasteiger partial charge in [0.05, 0.1) is 22.1 Å². The lowest BCUT2D eigenvalue weighted by molar-refractivity contribution is 0.327. The summed E-state index contributed by atoms with van der Waals surface area (Å²) in [5.41, 5.74) is 5.86. The third-order valence-electron chi connectivity index (χ3n) is 8.27. The fourth-order valence-corrected chi connectivity index (χ4v) is 6.32. The van der Waals surface area contributed by atoms with Crippen LogP contribution in [0.4, 0.5) is 0 Å². The van der Waals surface area contributed by atoms with Crippen molar-refractivity contribution in [2.45, 2.75) is 0 Å². The Morgan fingerprint density at radius 3 is 1.37 bits per heavy atom. The van der Waals surface area contributed by atoms with Crippen LogP contribution in [-0.2, 0) is 0 Å². The summed E-state index contributed by atoms with van der Waals surface area (Å²) in [5.74, 6) is -4.39. The minimum absolute atomic E-state index is 0.247. The Morgan fingerprint density at radius 1 is 0.349 bits per heavy atom. The van der Waals surface area contributed by atoms with Crippen LogP contribution in [0.2, 0.25) is 0 Å². The summed E-state index contributed by atoms with van der Waals surface area (Å²) >= 11 is 0. The van der Waals surface area contributed by atoms with Gasteiger partial charge in [0.25, 0.3) is 0 Å². The standard InChI is InChI=1S/C36H24N2O5/c39-32-31(33(40)35(42)36(43)34(32)41)38-28-13-7-5-11-24(28)26-19-18-25-23-10-4-6-12-27(23)37(29(25)30(26)38)22-16-14-21(15-17-22)20-8-2-1-3-9-20/h1-19,39-43H. The van der Waals surface area contributed by atoms with Gasteiger partial charge in [-0.2, -0.15) is 0 Å². The second kappa shape index (κ2) is 8.96. The van der Waals surface area contributed by atoms with Crippen LogP contribution < -0.4 is 0 Å². The van der Waals surface area contributed by atoms with Gasteiger partial charge in [-0.15, -0.1) is 0 Å². The molecule has 0 unspecified atom stereocenters. The van der Waals surface area contributed by atoms with Crippen molar-refractivity contribution in [3.05, 3.63) is 115 Å². The molecule has 0 aliphatic rings. The predicted molar refractivity (Wildman–Crippen MR) is 169 cm³/mol. The fourth-order valence-electron chi connectivity index (χ4n) is 6.32. The lowest BCUT2D eigenvalue weighted by Gasteiger charge is -2.16. The first-order chi connectivity index (χ1) is 21.0. The highest BCUT2D eigenvalue weighted by Crippen LogP contribution is 2.54. The van der Waals surface area contributed by atoms with Gasteiger partial charge < -0.3 is 34.7 Å². The van der Waals surface area contributed by atoms with Crippen molar-refractivity contribution in [2.75, 3.05) is 0 Å². The van der Waals surface area contributed by atoms with Crippen LogP contribution in [0.25, 0.3) is 66.1 Å². The molecule has 43 heavy (non-hydrogen) atoms. The smallest absolute Gasteiger partial charge is 0.208 e. The number of benzene rings is 6. The van der Waals surface area contributed by atoms with E-state index in [4.69, 9.17) is 0 Å². The number of fused-ring (bicyclic) bond motifs is 7. The molecule has 0 saturated carbocycles. The van der Waals surface area contributed by atoms with Gasteiger partial charge >= 0.3 is 0 Å². The molecule has 0 amide bonds. The number of nitrogens with zero attached hydrogens (tertiary/aromatic N) is 2. The Kier molecular flexibility index (Phi) is 5.15. The first kappa shape index (κ1) is 24.7. The first-order valence-electron chi connectivity index (χ1n) is 13.8. The molecule has 0 aliphatic heterocycles. The summed E-state index contributed by atoms with van der Waals surface area (Å²) in [6.45, 7) is 0. The van der Waals surface area contributed by atoms with Crippen LogP contribution in [0, 0.1) is 0 Å². The molecule has 5 N–H and O–H groups in total. The van der Waals surface area contributed by atoms with Gasteiger partial charge in [-0.1, -0.05) is 91.0 Å². The Bertz CT molecular complexity index is 2360. The van der Waals surface area contributed by atoms with E-state index in [-0.39, 0.29) is 5.69 Å². The molecule has 0 spiro atoms. The lowest BCUT2D eigenvalue weighted by Crippen LogP contribution is -2.00. The van der Waals surface area contributed by atoms with E-state index in [2.05, 4.69) is 53.1 Å². The number of phenols is 5. The first-order valence-corrected chi connectivity index (χ1v) is 13.8. The minimum Gasteiger partial charge on any atom is -0.503 e. The van der Waals surface area contributed by atoms with E-state index < -0.39 is 28.7 Å². The molecule has 0 atom stereocenters. The molecule has 0 saturated heterocycles. The molecule has 208 valence electrons. The maximum atomic E-state index is 11.1. The Morgan fingerprint density at radius 2 is 0.791 bits per heavy atom. The number of aromatic nitrogens is 2. The molecule has 0 radical (unpaired) electrons. The van der Waals surface area contributed by atoms with E-state index in [1.807, 2.05) is 66.7 Å². The van der Waals surface area contributed by atoms with Gasteiger partial charge in [0.2, 0.25) is 17.2 Å². The molecule has 0 bridgehead atoms. The molecule has 2 heterocycles. The number of hydrogen-bond acceptors (Lipinski definition) is 5. The van der Waals surface area contributed by atoms with Gasteiger partial charge in [-0.25, -0.2) is 0 Å². The van der Waals surface area contributed by atoms with Gasteiger partial charge in [-0.05, 0) is 35.4 Å². The number of phenolic OH excluding ortho intramolecular Hbond substituents is 5. The van der Waals surface area contributed by atoms with E-state index in [0.29, 0.717) is 11.0 Å². The Labute approximate surface area is 244 Å². The van der Waals surface area contributed by atoms with Gasteiger partial charge in [0.1, 0.15) is 5.69 Å². The van der Waals surface area contributed by atoms with Gasteiger partial charge in [0.15, 0.2) is 11.5 Å². The largest absolute Gasteiger partial charge is 0.503 e. The van der Waals surface area contributed by atoms with Crippen LogP contribution in [-0.4, -0.2) is 34.7 Å². The average Bonchev–Trinajstić information content (AvgIpc) is 3.57. The maximum Gasteiger partial charge on any atom is 0.208 e. The fraction of sp³-hybridized carbons (Fsp3) is 0. The van der Waals surface area contributed by atoms with Crippen LogP contribution in [0.3, 0.4) is 0 Å². The van der Waals surface area contributed by atoms with Crippen molar-refractivity contribution in [3.8, 4) is 51.2 Å². The van der Waals surface area contributed by atoms with Crippen molar-refractivity contribution >= 4 is 43.6 Å². The van der Waals surface area contributed by atoms with Crippen LogP contribution >= 0.6 is 0 Å². The molecule has 0 fully saturated rings. The molecule has 0 aliphatic carbocycles. The summed E-state index contributed by atoms with van der Waals surface area (Å²) in [6.07, 6.45) is 0. The summed E-state index contributed by atoms with van der Waals surface area (Å²) in [6, 6.07) is 38.1. The zero-order valence-electron chi connectivity index (χ0n) is 22.6. The average molecular weight is 565 g/mol. The molecule has 2 aromatic heterocycles. The van der Waals surface area contributed by atoms with E-state index in [1.54, 1.807) is 4.57 Å². The quantitative estimate of drug-likeness (QED) is 0.110. The van der Waals surface area contributed by atoms with E-state index in [1.165, 1.54) is 0 Å². The predicted octanol–water partition coefficient (Wildman–Crippen LogP) is 8.08. The third-order valence-corrected chi connectivity index (χ3v) is 8.27. The summed E-state index contributed by atoms with van der Waals surface area (Å²) in [5, 5.41) is 57.0. The van der Waals surface area contributed by atoms with Crippen molar-refractivity contribution in [1.82, 2.24) is 9.13 Å². The molecule has 7 heteroatoms. The molecular formula is C36H24N2O5. The molecular weight excluding hydrogens is 540 g/mol. The SMILES string of the molecule is Oc1c(O)c(O)c(-n2c3ccccc3c3ccc4c5ccccc5n(-c5ccc(-c6ccccc6)cc5)c4c32)c(O)c1O. The second-order valence-corrected chi connectivity index (χ2v) is 10.6. The van der Waals surface area contributed by atoms with E-state index in [0.717, 1.165) is 49.4 Å². The number of rotatable bonds is 3. The number of para-hydroxylation sites is 2. The summed E-state index contributed by atoms with van der Waals surface area (Å²) in [4.78, 5) is 0. The lowest BCUT2D eigenvalue weighted by atomic mass is 10.1. The monoisotopic (exact) mass is 564 g/mol. The zero-order chi connectivity index (χ0) is 29.4. The maximum absolute atomic E-state index is 11.1. The highest BCUT2D eigenvalue weighted by molar-refractivity contribution is 6.24. The highest BCUT2D eigenvalue weighted by Gasteiger charge is 2.29. The van der Waals surface area contributed by atoms with Gasteiger partial charge in [-0.3, -0.25) is 0 Å². The molecule has 7 nitrogen and oxygen atoms in total. The number of aromatic hydroxyl groups is 5. The Hall–Kier alpha value is -6.08. The minimum atomic E-state index is -1.00. The molecule has 8 rings (SSSR count). The topological polar surface area (TPSA) is 111 Å². The second-order valence-electron chi connectivity index (χ2n) is 10.6. The van der Waals surface area contributed by atoms with Crippen molar-refractivity contribution in [1.29, 1.82) is 0 Å². The van der Waals surface area contributed by atoms with Crippen LogP contribution in [0.1, 0.15) is 0 Å². The normalized spacial score (nSPS) is 11.7. The van der Waals surface area contributed by atoms with Crippen molar-refractivity contribution in [3.63, 3.8) is 0 Å². The van der Waals surface area contributed by atoms with E-state index in [9.17, 15) is 25.5 Å². The summed E-state index contributed by atoms with van der Waals surface area (Å²) < 4.78 is 3.77. The highest BCUT2D eigenvalue weighted by atomic mass is 16.4. The third kappa shape index (κ3) is 3.36. The van der Waals surface area contributed by atoms with Crippen LogP contribution in [0.5, 0.6) is 28.7 Å². The molecule has 6 aromatic carbocycles. The van der Waals surface area contributed by atoms with Crippen molar-refractivity contribution in [2.24, 2.45) is 0 Å². The van der Waals surface area contributed by atoms with Crippen molar-refractivity contribution < 1.29 is 25.5 Å². The number of hydrogen-bond donors (Lipinski definition) is 5. The van der Waals surface area contributed by atoms with Gasteiger partial charge in [0, 0.05) is 27.2 Å². The van der Waals surface area contributed by atoms with E-state index >= 15 is 0 Å². The molecule has 8 aromatic rings. The Balaban J connectivity index is 1.56. The zero-order valence-corrected chi connectivity index (χ0v) is 22.6. The van der Waals surface area contributed by atoms with Crippen LogP contribution in [0.15, 0.2) is 115 Å². The summed E-state index contributed by atoms with van der Waals surface area (Å²) in [7, 11) is 0.